The Kier molecular flexibility index (Phi) is 4.69. The van der Waals surface area contributed by atoms with Crippen molar-refractivity contribution in [3.63, 3.8) is 0 Å². The van der Waals surface area contributed by atoms with E-state index in [9.17, 15) is 4.39 Å². The molecular formula is C13H12Cl2FN3O2. The molecule has 0 bridgehead atoms. The molecule has 0 amide bonds. The summed E-state index contributed by atoms with van der Waals surface area (Å²) in [6.45, 7) is 0. The van der Waals surface area contributed by atoms with Crippen LogP contribution in [-0.4, -0.2) is 24.2 Å². The Morgan fingerprint density at radius 1 is 1.19 bits per heavy atom. The normalized spacial score (nSPS) is 12.0. The summed E-state index contributed by atoms with van der Waals surface area (Å²) in [4.78, 5) is 8.21. The van der Waals surface area contributed by atoms with Gasteiger partial charge in [0.25, 0.3) is 0 Å². The van der Waals surface area contributed by atoms with Gasteiger partial charge >= 0.3 is 0 Å². The molecule has 2 rings (SSSR count). The summed E-state index contributed by atoms with van der Waals surface area (Å²) >= 11 is 12.3. The number of nitrogen functional groups attached to an aromatic ring is 1. The minimum atomic E-state index is -0.947. The van der Waals surface area contributed by atoms with Crippen molar-refractivity contribution < 1.29 is 13.9 Å². The van der Waals surface area contributed by atoms with Crippen molar-refractivity contribution in [1.82, 2.24) is 9.97 Å². The highest BCUT2D eigenvalue weighted by Crippen LogP contribution is 2.38. The lowest BCUT2D eigenvalue weighted by Crippen LogP contribution is -2.07. The minimum Gasteiger partial charge on any atom is -0.481 e. The van der Waals surface area contributed by atoms with Crippen molar-refractivity contribution in [1.29, 1.82) is 0 Å². The fourth-order valence-corrected chi connectivity index (χ4v) is 2.38. The quantitative estimate of drug-likeness (QED) is 0.688. The fourth-order valence-electron chi connectivity index (χ4n) is 1.71. The lowest BCUT2D eigenvalue weighted by Gasteiger charge is -2.15. The van der Waals surface area contributed by atoms with Gasteiger partial charge in [-0.25, -0.2) is 4.39 Å². The van der Waals surface area contributed by atoms with Crippen LogP contribution < -0.4 is 15.2 Å². The molecule has 2 aromatic rings. The first-order valence-electron chi connectivity index (χ1n) is 5.82. The van der Waals surface area contributed by atoms with Gasteiger partial charge in [-0.15, -0.1) is 11.6 Å². The first-order chi connectivity index (χ1) is 9.97. The monoisotopic (exact) mass is 331 g/mol. The number of aromatic nitrogens is 2. The average Bonchev–Trinajstić information content (AvgIpc) is 2.50. The Morgan fingerprint density at radius 2 is 1.76 bits per heavy atom. The topological polar surface area (TPSA) is 70.3 Å². The molecule has 1 aromatic carbocycles. The molecule has 0 saturated carbocycles. The third-order valence-corrected chi connectivity index (χ3v) is 3.52. The van der Waals surface area contributed by atoms with Crippen LogP contribution in [0, 0.1) is 5.82 Å². The lowest BCUT2D eigenvalue weighted by atomic mass is 10.1. The predicted octanol–water partition coefficient (Wildman–Crippen LogP) is 3.20. The van der Waals surface area contributed by atoms with E-state index in [1.165, 1.54) is 26.4 Å². The van der Waals surface area contributed by atoms with Gasteiger partial charge in [0, 0.05) is 10.6 Å². The molecule has 0 fully saturated rings. The molecule has 1 unspecified atom stereocenters. The number of hydrogen-bond donors (Lipinski definition) is 1. The van der Waals surface area contributed by atoms with Gasteiger partial charge in [-0.3, -0.25) is 0 Å². The SMILES string of the molecule is COc1cc(OC)nc(C(Cl)c2c(Cl)ccc(F)c2N)n1. The molecule has 112 valence electrons. The fraction of sp³-hybridized carbons (Fsp3) is 0.231. The van der Waals surface area contributed by atoms with Gasteiger partial charge < -0.3 is 15.2 Å². The zero-order valence-electron chi connectivity index (χ0n) is 11.2. The van der Waals surface area contributed by atoms with Crippen molar-refractivity contribution in [2.45, 2.75) is 5.38 Å². The number of methoxy groups -OCH3 is 2. The molecule has 0 radical (unpaired) electrons. The largest absolute Gasteiger partial charge is 0.481 e. The van der Waals surface area contributed by atoms with E-state index in [-0.39, 0.29) is 33.9 Å². The summed E-state index contributed by atoms with van der Waals surface area (Å²) < 4.78 is 23.7. The molecule has 0 saturated heterocycles. The Morgan fingerprint density at radius 3 is 2.29 bits per heavy atom. The Bertz CT molecular complexity index is 648. The van der Waals surface area contributed by atoms with E-state index in [0.717, 1.165) is 6.07 Å². The molecule has 0 aliphatic rings. The number of nitrogens with two attached hydrogens (primary N) is 1. The molecule has 5 nitrogen and oxygen atoms in total. The summed E-state index contributed by atoms with van der Waals surface area (Å²) in [5.74, 6) is 0.0455. The maximum Gasteiger partial charge on any atom is 0.220 e. The maximum absolute atomic E-state index is 13.6. The van der Waals surface area contributed by atoms with E-state index in [0.29, 0.717) is 0 Å². The second-order valence-electron chi connectivity index (χ2n) is 4.03. The number of benzene rings is 1. The first-order valence-corrected chi connectivity index (χ1v) is 6.63. The molecular weight excluding hydrogens is 320 g/mol. The Balaban J connectivity index is 2.54. The standard InChI is InChI=1S/C13H12Cl2FN3O2/c1-20-8-5-9(21-2)19-13(18-8)11(15)10-6(14)3-4-7(16)12(10)17/h3-5,11H,17H2,1-2H3. The summed E-state index contributed by atoms with van der Waals surface area (Å²) in [6, 6.07) is 4.02. The van der Waals surface area contributed by atoms with Gasteiger partial charge in [0.1, 0.15) is 11.2 Å². The highest BCUT2D eigenvalue weighted by molar-refractivity contribution is 6.33. The lowest BCUT2D eigenvalue weighted by molar-refractivity contribution is 0.368. The van der Waals surface area contributed by atoms with Crippen molar-refractivity contribution >= 4 is 28.9 Å². The molecule has 1 heterocycles. The molecule has 0 spiro atoms. The number of rotatable bonds is 4. The smallest absolute Gasteiger partial charge is 0.220 e. The van der Waals surface area contributed by atoms with Gasteiger partial charge in [0.2, 0.25) is 11.8 Å². The number of nitrogens with zero attached hydrogens (tertiary/aromatic N) is 2. The highest BCUT2D eigenvalue weighted by Gasteiger charge is 2.23. The van der Waals surface area contributed by atoms with Crippen molar-refractivity contribution in [3.05, 3.63) is 40.4 Å². The molecule has 0 aliphatic heterocycles. The van der Waals surface area contributed by atoms with Crippen LogP contribution in [0.1, 0.15) is 16.8 Å². The van der Waals surface area contributed by atoms with E-state index in [1.807, 2.05) is 0 Å². The Hall–Kier alpha value is -1.79. The van der Waals surface area contributed by atoms with Crippen molar-refractivity contribution in [2.24, 2.45) is 0 Å². The van der Waals surface area contributed by atoms with Crippen LogP contribution in [0.5, 0.6) is 11.8 Å². The van der Waals surface area contributed by atoms with Crippen LogP contribution in [0.3, 0.4) is 0 Å². The van der Waals surface area contributed by atoms with E-state index < -0.39 is 11.2 Å². The van der Waals surface area contributed by atoms with Crippen LogP contribution in [0.2, 0.25) is 5.02 Å². The molecule has 8 heteroatoms. The third kappa shape index (κ3) is 3.11. The molecule has 21 heavy (non-hydrogen) atoms. The summed E-state index contributed by atoms with van der Waals surface area (Å²) in [5.41, 5.74) is 5.76. The van der Waals surface area contributed by atoms with Gasteiger partial charge in [0.15, 0.2) is 5.82 Å². The number of halogens is 3. The van der Waals surface area contributed by atoms with Crippen LogP contribution in [-0.2, 0) is 0 Å². The molecule has 0 aliphatic carbocycles. The number of anilines is 1. The molecule has 1 atom stereocenters. The zero-order valence-corrected chi connectivity index (χ0v) is 12.7. The summed E-state index contributed by atoms with van der Waals surface area (Å²) in [7, 11) is 2.89. The number of alkyl halides is 1. The average molecular weight is 332 g/mol. The van der Waals surface area contributed by atoms with E-state index >= 15 is 0 Å². The number of ether oxygens (including phenoxy) is 2. The van der Waals surface area contributed by atoms with Crippen LogP contribution in [0.25, 0.3) is 0 Å². The van der Waals surface area contributed by atoms with Gasteiger partial charge in [-0.2, -0.15) is 9.97 Å². The zero-order chi connectivity index (χ0) is 15.6. The van der Waals surface area contributed by atoms with Gasteiger partial charge in [-0.05, 0) is 12.1 Å². The predicted molar refractivity (Wildman–Crippen MR) is 78.7 cm³/mol. The highest BCUT2D eigenvalue weighted by atomic mass is 35.5. The first kappa shape index (κ1) is 15.6. The van der Waals surface area contributed by atoms with Gasteiger partial charge in [-0.1, -0.05) is 11.6 Å². The molecule has 1 aromatic heterocycles. The van der Waals surface area contributed by atoms with Crippen molar-refractivity contribution in [2.75, 3.05) is 20.0 Å². The second kappa shape index (κ2) is 6.32. The number of hydrogen-bond acceptors (Lipinski definition) is 5. The van der Waals surface area contributed by atoms with Gasteiger partial charge in [0.05, 0.1) is 26.0 Å². The van der Waals surface area contributed by atoms with Crippen LogP contribution >= 0.6 is 23.2 Å². The van der Waals surface area contributed by atoms with Crippen molar-refractivity contribution in [3.8, 4) is 11.8 Å². The van der Waals surface area contributed by atoms with Crippen LogP contribution in [0.15, 0.2) is 18.2 Å². The molecule has 2 N–H and O–H groups in total. The summed E-state index contributed by atoms with van der Waals surface area (Å²) in [6.07, 6.45) is 0. The third-order valence-electron chi connectivity index (χ3n) is 2.78. The maximum atomic E-state index is 13.6. The minimum absolute atomic E-state index is 0.145. The van der Waals surface area contributed by atoms with E-state index in [4.69, 9.17) is 38.4 Å². The van der Waals surface area contributed by atoms with Crippen LogP contribution in [0.4, 0.5) is 10.1 Å². The summed E-state index contributed by atoms with van der Waals surface area (Å²) in [5, 5.41) is -0.725. The Labute approximate surface area is 130 Å². The van der Waals surface area contributed by atoms with E-state index in [1.54, 1.807) is 0 Å². The second-order valence-corrected chi connectivity index (χ2v) is 4.87. The van der Waals surface area contributed by atoms with E-state index in [2.05, 4.69) is 9.97 Å².